The molecule has 26 heavy (non-hydrogen) atoms. The minimum absolute atomic E-state index is 0.106. The van der Waals surface area contributed by atoms with Crippen molar-refractivity contribution in [1.29, 1.82) is 0 Å². The summed E-state index contributed by atoms with van der Waals surface area (Å²) in [6.07, 6.45) is 6.69. The second-order valence-corrected chi connectivity index (χ2v) is 6.58. The highest BCUT2D eigenvalue weighted by molar-refractivity contribution is 5.92. The maximum atomic E-state index is 12.7. The van der Waals surface area contributed by atoms with Gasteiger partial charge in [0.05, 0.1) is 11.9 Å². The Bertz CT molecular complexity index is 716. The van der Waals surface area contributed by atoms with E-state index in [1.54, 1.807) is 23.5 Å². The summed E-state index contributed by atoms with van der Waals surface area (Å²) in [6, 6.07) is 3.73. The van der Waals surface area contributed by atoms with E-state index in [1.165, 1.54) is 6.20 Å². The molecule has 2 amide bonds. The van der Waals surface area contributed by atoms with Gasteiger partial charge in [0.1, 0.15) is 5.69 Å². The van der Waals surface area contributed by atoms with Gasteiger partial charge in [-0.25, -0.2) is 4.98 Å². The minimum atomic E-state index is -0.203. The summed E-state index contributed by atoms with van der Waals surface area (Å²) >= 11 is 0. The Balaban J connectivity index is 1.91. The van der Waals surface area contributed by atoms with Crippen LogP contribution in [-0.4, -0.2) is 44.8 Å². The van der Waals surface area contributed by atoms with Gasteiger partial charge in [0.25, 0.3) is 5.91 Å². The monoisotopic (exact) mass is 355 g/mol. The maximum absolute atomic E-state index is 12.7. The number of carbonyl (C=O) groups is 2. The third-order valence-electron chi connectivity index (χ3n) is 3.69. The molecule has 7 heteroatoms. The van der Waals surface area contributed by atoms with E-state index in [-0.39, 0.29) is 24.2 Å². The summed E-state index contributed by atoms with van der Waals surface area (Å²) in [5.41, 5.74) is 1.99. The predicted octanol–water partition coefficient (Wildman–Crippen LogP) is 1.98. The van der Waals surface area contributed by atoms with E-state index in [9.17, 15) is 9.59 Å². The van der Waals surface area contributed by atoms with Crippen molar-refractivity contribution >= 4 is 11.8 Å². The van der Waals surface area contributed by atoms with Crippen molar-refractivity contribution in [2.45, 2.75) is 33.7 Å². The molecule has 2 heterocycles. The normalized spacial score (nSPS) is 10.6. The smallest absolute Gasteiger partial charge is 0.274 e. The van der Waals surface area contributed by atoms with Crippen LogP contribution >= 0.6 is 0 Å². The quantitative estimate of drug-likeness (QED) is 0.782. The van der Waals surface area contributed by atoms with Crippen LogP contribution in [0.25, 0.3) is 0 Å². The van der Waals surface area contributed by atoms with Crippen molar-refractivity contribution in [3.63, 3.8) is 0 Å². The molecule has 0 aromatic carbocycles. The zero-order chi connectivity index (χ0) is 18.9. The minimum Gasteiger partial charge on any atom is -0.352 e. The average Bonchev–Trinajstić information content (AvgIpc) is 2.64. The molecule has 1 N–H and O–H groups in total. The third kappa shape index (κ3) is 6.23. The number of hydrogen-bond donors (Lipinski definition) is 1. The van der Waals surface area contributed by atoms with Crippen LogP contribution in [0.2, 0.25) is 0 Å². The van der Waals surface area contributed by atoms with Gasteiger partial charge in [-0.1, -0.05) is 19.9 Å². The van der Waals surface area contributed by atoms with Crippen LogP contribution < -0.4 is 5.32 Å². The SMILES string of the molecule is Cc1cnc(C(=O)N(CCC(=O)NCc2cccnc2)CC(C)C)cn1. The Kier molecular flexibility index (Phi) is 7.20. The molecule has 0 spiro atoms. The number of rotatable bonds is 8. The average molecular weight is 355 g/mol. The molecule has 0 aliphatic rings. The number of carbonyl (C=O) groups excluding carboxylic acids is 2. The molecule has 0 saturated heterocycles. The Morgan fingerprint density at radius 3 is 2.62 bits per heavy atom. The third-order valence-corrected chi connectivity index (χ3v) is 3.69. The van der Waals surface area contributed by atoms with Crippen LogP contribution in [0.3, 0.4) is 0 Å². The summed E-state index contributed by atoms with van der Waals surface area (Å²) in [4.78, 5) is 38.7. The lowest BCUT2D eigenvalue weighted by Gasteiger charge is -2.24. The van der Waals surface area contributed by atoms with Gasteiger partial charge in [0.15, 0.2) is 0 Å². The highest BCUT2D eigenvalue weighted by atomic mass is 16.2. The highest BCUT2D eigenvalue weighted by Gasteiger charge is 2.19. The fraction of sp³-hybridized carbons (Fsp3) is 0.421. The van der Waals surface area contributed by atoms with Gasteiger partial charge < -0.3 is 10.2 Å². The van der Waals surface area contributed by atoms with Crippen LogP contribution in [0.15, 0.2) is 36.9 Å². The standard InChI is InChI=1S/C19H25N5O2/c1-14(2)13-24(19(26)17-12-21-15(3)9-22-17)8-6-18(25)23-11-16-5-4-7-20-10-16/h4-5,7,9-10,12,14H,6,8,11,13H2,1-3H3,(H,23,25). The summed E-state index contributed by atoms with van der Waals surface area (Å²) in [5, 5.41) is 2.85. The summed E-state index contributed by atoms with van der Waals surface area (Å²) in [7, 11) is 0. The molecule has 7 nitrogen and oxygen atoms in total. The van der Waals surface area contributed by atoms with Crippen molar-refractivity contribution in [2.24, 2.45) is 5.92 Å². The van der Waals surface area contributed by atoms with Crippen LogP contribution in [0, 0.1) is 12.8 Å². The highest BCUT2D eigenvalue weighted by Crippen LogP contribution is 2.07. The predicted molar refractivity (Wildman–Crippen MR) is 98.2 cm³/mol. The molecule has 0 unspecified atom stereocenters. The fourth-order valence-electron chi connectivity index (χ4n) is 2.41. The van der Waals surface area contributed by atoms with Crippen LogP contribution in [0.1, 0.15) is 42.0 Å². The Hall–Kier alpha value is -2.83. The Morgan fingerprint density at radius 2 is 2.00 bits per heavy atom. The van der Waals surface area contributed by atoms with E-state index >= 15 is 0 Å². The number of amides is 2. The van der Waals surface area contributed by atoms with E-state index in [1.807, 2.05) is 32.9 Å². The molecule has 0 aliphatic carbocycles. The van der Waals surface area contributed by atoms with E-state index in [4.69, 9.17) is 0 Å². The largest absolute Gasteiger partial charge is 0.352 e. The first-order valence-corrected chi connectivity index (χ1v) is 8.69. The second-order valence-electron chi connectivity index (χ2n) is 6.58. The van der Waals surface area contributed by atoms with Crippen LogP contribution in [0.4, 0.5) is 0 Å². The molecule has 2 aromatic rings. The van der Waals surface area contributed by atoms with Crippen molar-refractivity contribution < 1.29 is 9.59 Å². The molecule has 0 bridgehead atoms. The number of aromatic nitrogens is 3. The van der Waals surface area contributed by atoms with E-state index in [2.05, 4.69) is 20.3 Å². The van der Waals surface area contributed by atoms with E-state index in [0.29, 0.717) is 25.3 Å². The molecule has 0 saturated carbocycles. The zero-order valence-corrected chi connectivity index (χ0v) is 15.5. The molecular formula is C19H25N5O2. The van der Waals surface area contributed by atoms with Crippen LogP contribution in [-0.2, 0) is 11.3 Å². The molecule has 2 aromatic heterocycles. The topological polar surface area (TPSA) is 88.1 Å². The van der Waals surface area contributed by atoms with Gasteiger partial charge in [-0.3, -0.25) is 19.6 Å². The molecule has 0 radical (unpaired) electrons. The molecular weight excluding hydrogens is 330 g/mol. The summed E-state index contributed by atoms with van der Waals surface area (Å²) in [6.45, 7) is 7.21. The molecule has 2 rings (SSSR count). The van der Waals surface area contributed by atoms with Gasteiger partial charge in [0, 0.05) is 44.6 Å². The molecule has 0 aliphatic heterocycles. The van der Waals surface area contributed by atoms with Gasteiger partial charge in [0.2, 0.25) is 5.91 Å². The number of hydrogen-bond acceptors (Lipinski definition) is 5. The fourth-order valence-corrected chi connectivity index (χ4v) is 2.41. The second kappa shape index (κ2) is 9.60. The summed E-state index contributed by atoms with van der Waals surface area (Å²) in [5.74, 6) is -0.0209. The number of pyridine rings is 1. The Morgan fingerprint density at radius 1 is 1.19 bits per heavy atom. The molecule has 0 atom stereocenters. The van der Waals surface area contributed by atoms with Crippen molar-refractivity contribution in [3.05, 3.63) is 53.9 Å². The first kappa shape index (κ1) is 19.5. The summed E-state index contributed by atoms with van der Waals surface area (Å²) < 4.78 is 0. The lowest BCUT2D eigenvalue weighted by atomic mass is 10.2. The lowest BCUT2D eigenvalue weighted by Crippen LogP contribution is -2.38. The van der Waals surface area contributed by atoms with Gasteiger partial charge in [-0.2, -0.15) is 0 Å². The number of nitrogens with one attached hydrogen (secondary N) is 1. The van der Waals surface area contributed by atoms with E-state index < -0.39 is 0 Å². The first-order chi connectivity index (χ1) is 12.5. The Labute approximate surface area is 153 Å². The van der Waals surface area contributed by atoms with E-state index in [0.717, 1.165) is 11.3 Å². The number of aryl methyl sites for hydroxylation is 1. The first-order valence-electron chi connectivity index (χ1n) is 8.69. The molecule has 0 fully saturated rings. The number of nitrogens with zero attached hydrogens (tertiary/aromatic N) is 4. The molecule has 138 valence electrons. The van der Waals surface area contributed by atoms with Gasteiger partial charge >= 0.3 is 0 Å². The maximum Gasteiger partial charge on any atom is 0.274 e. The van der Waals surface area contributed by atoms with Crippen molar-refractivity contribution in [2.75, 3.05) is 13.1 Å². The van der Waals surface area contributed by atoms with Crippen molar-refractivity contribution in [3.8, 4) is 0 Å². The zero-order valence-electron chi connectivity index (χ0n) is 15.5. The lowest BCUT2D eigenvalue weighted by molar-refractivity contribution is -0.121. The van der Waals surface area contributed by atoms with Crippen LogP contribution in [0.5, 0.6) is 0 Å². The van der Waals surface area contributed by atoms with Crippen molar-refractivity contribution in [1.82, 2.24) is 25.2 Å². The van der Waals surface area contributed by atoms with Gasteiger partial charge in [-0.05, 0) is 24.5 Å². The van der Waals surface area contributed by atoms with Gasteiger partial charge in [-0.15, -0.1) is 0 Å².